The summed E-state index contributed by atoms with van der Waals surface area (Å²) in [5, 5.41) is 18.7. The summed E-state index contributed by atoms with van der Waals surface area (Å²) in [6.45, 7) is 5.48. The van der Waals surface area contributed by atoms with Gasteiger partial charge in [-0.05, 0) is 12.8 Å². The molecule has 0 aromatic carbocycles. The van der Waals surface area contributed by atoms with E-state index in [-0.39, 0.29) is 13.2 Å². The van der Waals surface area contributed by atoms with Crippen molar-refractivity contribution in [2.24, 2.45) is 5.41 Å². The molecular formula is C22H46O3. The third-order valence-corrected chi connectivity index (χ3v) is 5.47. The minimum absolute atomic E-state index is 0.00125. The summed E-state index contributed by atoms with van der Waals surface area (Å²) in [5.41, 5.74) is -0.448. The van der Waals surface area contributed by atoms with E-state index in [1.165, 1.54) is 83.5 Å². The predicted molar refractivity (Wildman–Crippen MR) is 108 cm³/mol. The molecule has 0 bridgehead atoms. The summed E-state index contributed by atoms with van der Waals surface area (Å²) in [5.74, 6) is 0. The molecule has 0 atom stereocenters. The van der Waals surface area contributed by atoms with Crippen LogP contribution < -0.4 is 0 Å². The number of hydrogen-bond donors (Lipinski definition) is 2. The van der Waals surface area contributed by atoms with Gasteiger partial charge in [0.05, 0.1) is 19.8 Å². The van der Waals surface area contributed by atoms with E-state index in [1.54, 1.807) is 0 Å². The van der Waals surface area contributed by atoms with Crippen molar-refractivity contribution in [3.8, 4) is 0 Å². The molecule has 0 spiro atoms. The van der Waals surface area contributed by atoms with Crippen molar-refractivity contribution in [1.82, 2.24) is 0 Å². The van der Waals surface area contributed by atoms with Crippen molar-refractivity contribution in [2.45, 2.75) is 110 Å². The van der Waals surface area contributed by atoms with Crippen molar-refractivity contribution in [3.05, 3.63) is 0 Å². The SMILES string of the molecule is CCCCCCCCCCCCCCCCOCC(CC)(CO)CO. The van der Waals surface area contributed by atoms with E-state index in [2.05, 4.69) is 6.92 Å². The Labute approximate surface area is 157 Å². The van der Waals surface area contributed by atoms with Crippen molar-refractivity contribution < 1.29 is 14.9 Å². The second kappa shape index (κ2) is 18.7. The fourth-order valence-corrected chi connectivity index (χ4v) is 3.15. The first kappa shape index (κ1) is 24.9. The Kier molecular flexibility index (Phi) is 18.6. The second-order valence-corrected chi connectivity index (χ2v) is 7.82. The maximum absolute atomic E-state index is 9.36. The summed E-state index contributed by atoms with van der Waals surface area (Å²) in [4.78, 5) is 0. The highest BCUT2D eigenvalue weighted by molar-refractivity contribution is 4.75. The molecule has 0 aliphatic rings. The summed E-state index contributed by atoms with van der Waals surface area (Å²) >= 11 is 0. The minimum atomic E-state index is -0.448. The van der Waals surface area contributed by atoms with Gasteiger partial charge in [0.1, 0.15) is 0 Å². The van der Waals surface area contributed by atoms with Crippen LogP contribution in [-0.4, -0.2) is 36.6 Å². The van der Waals surface area contributed by atoms with Crippen molar-refractivity contribution in [3.63, 3.8) is 0 Å². The normalized spacial score (nSPS) is 12.0. The average molecular weight is 359 g/mol. The summed E-state index contributed by atoms with van der Waals surface area (Å²) in [7, 11) is 0. The van der Waals surface area contributed by atoms with Gasteiger partial charge in [-0.2, -0.15) is 0 Å². The fourth-order valence-electron chi connectivity index (χ4n) is 3.15. The van der Waals surface area contributed by atoms with E-state index in [4.69, 9.17) is 4.74 Å². The van der Waals surface area contributed by atoms with Gasteiger partial charge < -0.3 is 14.9 Å². The van der Waals surface area contributed by atoms with Gasteiger partial charge >= 0.3 is 0 Å². The fraction of sp³-hybridized carbons (Fsp3) is 1.00. The lowest BCUT2D eigenvalue weighted by molar-refractivity contribution is -0.0306. The highest BCUT2D eigenvalue weighted by Crippen LogP contribution is 2.21. The van der Waals surface area contributed by atoms with Crippen LogP contribution in [0.3, 0.4) is 0 Å². The largest absolute Gasteiger partial charge is 0.396 e. The van der Waals surface area contributed by atoms with E-state index in [0.717, 1.165) is 19.4 Å². The molecule has 2 N–H and O–H groups in total. The lowest BCUT2D eigenvalue weighted by Crippen LogP contribution is -2.34. The van der Waals surface area contributed by atoms with Crippen molar-refractivity contribution in [1.29, 1.82) is 0 Å². The Morgan fingerprint density at radius 1 is 0.600 bits per heavy atom. The molecule has 0 radical (unpaired) electrons. The monoisotopic (exact) mass is 358 g/mol. The van der Waals surface area contributed by atoms with Gasteiger partial charge in [-0.25, -0.2) is 0 Å². The van der Waals surface area contributed by atoms with E-state index < -0.39 is 5.41 Å². The average Bonchev–Trinajstić information content (AvgIpc) is 2.65. The van der Waals surface area contributed by atoms with Crippen LogP contribution in [0, 0.1) is 5.41 Å². The number of unbranched alkanes of at least 4 members (excludes halogenated alkanes) is 13. The highest BCUT2D eigenvalue weighted by atomic mass is 16.5. The van der Waals surface area contributed by atoms with Crippen LogP contribution in [0.2, 0.25) is 0 Å². The molecule has 0 saturated heterocycles. The van der Waals surface area contributed by atoms with Crippen LogP contribution in [0.25, 0.3) is 0 Å². The Morgan fingerprint density at radius 3 is 1.36 bits per heavy atom. The Balaban J connectivity index is 3.21. The summed E-state index contributed by atoms with van der Waals surface area (Å²) in [6.07, 6.45) is 19.8. The van der Waals surface area contributed by atoms with E-state index >= 15 is 0 Å². The lowest BCUT2D eigenvalue weighted by atomic mass is 9.88. The van der Waals surface area contributed by atoms with Gasteiger partial charge in [-0.15, -0.1) is 0 Å². The molecule has 3 nitrogen and oxygen atoms in total. The topological polar surface area (TPSA) is 49.7 Å². The van der Waals surface area contributed by atoms with Gasteiger partial charge in [0.25, 0.3) is 0 Å². The molecule has 0 aliphatic carbocycles. The number of aliphatic hydroxyl groups is 2. The second-order valence-electron chi connectivity index (χ2n) is 7.82. The van der Waals surface area contributed by atoms with Crippen LogP contribution in [0.1, 0.15) is 110 Å². The quantitative estimate of drug-likeness (QED) is 0.268. The van der Waals surface area contributed by atoms with Crippen molar-refractivity contribution >= 4 is 0 Å². The van der Waals surface area contributed by atoms with Gasteiger partial charge in [-0.1, -0.05) is 97.3 Å². The molecule has 0 aliphatic heterocycles. The van der Waals surface area contributed by atoms with E-state index in [0.29, 0.717) is 6.61 Å². The Bertz CT molecular complexity index is 243. The molecule has 0 aromatic rings. The first-order valence-electron chi connectivity index (χ1n) is 11.0. The van der Waals surface area contributed by atoms with Gasteiger partial charge in [0, 0.05) is 12.0 Å². The van der Waals surface area contributed by atoms with Gasteiger partial charge in [0.15, 0.2) is 0 Å². The van der Waals surface area contributed by atoms with Gasteiger partial charge in [-0.3, -0.25) is 0 Å². The highest BCUT2D eigenvalue weighted by Gasteiger charge is 2.26. The van der Waals surface area contributed by atoms with Crippen LogP contribution >= 0.6 is 0 Å². The van der Waals surface area contributed by atoms with E-state index in [9.17, 15) is 10.2 Å². The lowest BCUT2D eigenvalue weighted by Gasteiger charge is -2.27. The molecule has 0 saturated carbocycles. The zero-order chi connectivity index (χ0) is 18.6. The molecule has 25 heavy (non-hydrogen) atoms. The Morgan fingerprint density at radius 2 is 1.00 bits per heavy atom. The molecule has 0 unspecified atom stereocenters. The maximum Gasteiger partial charge on any atom is 0.0566 e. The van der Waals surface area contributed by atoms with Gasteiger partial charge in [0.2, 0.25) is 0 Å². The van der Waals surface area contributed by atoms with Crippen LogP contribution in [0.4, 0.5) is 0 Å². The molecule has 0 fully saturated rings. The van der Waals surface area contributed by atoms with Crippen LogP contribution in [-0.2, 0) is 4.74 Å². The smallest absolute Gasteiger partial charge is 0.0566 e. The molecule has 152 valence electrons. The Hall–Kier alpha value is -0.120. The van der Waals surface area contributed by atoms with Crippen LogP contribution in [0.15, 0.2) is 0 Å². The van der Waals surface area contributed by atoms with Crippen LogP contribution in [0.5, 0.6) is 0 Å². The minimum Gasteiger partial charge on any atom is -0.396 e. The standard InChI is InChI=1S/C22H46O3/c1-3-5-6-7-8-9-10-11-12-13-14-15-16-17-18-25-21-22(4-2,19-23)20-24/h23-24H,3-21H2,1-2H3. The molecule has 0 aromatic heterocycles. The molecule has 3 heteroatoms. The molecule has 0 heterocycles. The number of aliphatic hydroxyl groups excluding tert-OH is 2. The third-order valence-electron chi connectivity index (χ3n) is 5.47. The third kappa shape index (κ3) is 14.7. The summed E-state index contributed by atoms with van der Waals surface area (Å²) in [6, 6.07) is 0. The zero-order valence-electron chi connectivity index (χ0n) is 17.2. The number of ether oxygens (including phenoxy) is 1. The first-order valence-corrected chi connectivity index (χ1v) is 11.0. The molecule has 0 rings (SSSR count). The number of hydrogen-bond acceptors (Lipinski definition) is 3. The zero-order valence-corrected chi connectivity index (χ0v) is 17.2. The maximum atomic E-state index is 9.36. The summed E-state index contributed by atoms with van der Waals surface area (Å²) < 4.78 is 5.66. The first-order chi connectivity index (χ1) is 12.2. The molecular weight excluding hydrogens is 312 g/mol. The van der Waals surface area contributed by atoms with Crippen molar-refractivity contribution in [2.75, 3.05) is 26.4 Å². The van der Waals surface area contributed by atoms with E-state index in [1.807, 2.05) is 6.92 Å². The number of rotatable bonds is 20. The molecule has 0 amide bonds. The predicted octanol–water partition coefficient (Wildman–Crippen LogP) is 5.87.